The third kappa shape index (κ3) is 2.18. The van der Waals surface area contributed by atoms with Crippen molar-refractivity contribution in [3.8, 4) is 22.3 Å². The normalized spacial score (nSPS) is 11.0. The second-order valence-electron chi connectivity index (χ2n) is 5.06. The Morgan fingerprint density at radius 3 is 2.36 bits per heavy atom. The first-order valence-electron chi connectivity index (χ1n) is 7.00. The maximum Gasteiger partial charge on any atom is 0.154 e. The summed E-state index contributed by atoms with van der Waals surface area (Å²) in [7, 11) is 0. The van der Waals surface area contributed by atoms with Gasteiger partial charge in [0.05, 0.1) is 5.02 Å². The molecule has 0 amide bonds. The van der Waals surface area contributed by atoms with E-state index >= 15 is 0 Å². The van der Waals surface area contributed by atoms with Crippen molar-refractivity contribution in [3.63, 3.8) is 0 Å². The van der Waals surface area contributed by atoms with E-state index in [9.17, 15) is 0 Å². The van der Waals surface area contributed by atoms with Crippen LogP contribution >= 0.6 is 11.6 Å². The standard InChI is InChI=1S/C19H12ClNO/c20-14-10-18-19(21-11-14)17(12-22-18)16-9-5-4-8-15(16)13-6-2-1-3-7-13/h1-12H. The molecule has 2 aromatic heterocycles. The fourth-order valence-electron chi connectivity index (χ4n) is 2.67. The van der Waals surface area contributed by atoms with Crippen LogP contribution < -0.4 is 0 Å². The van der Waals surface area contributed by atoms with Crippen LogP contribution in [0.3, 0.4) is 0 Å². The average Bonchev–Trinajstić information content (AvgIpc) is 2.98. The molecule has 0 fully saturated rings. The van der Waals surface area contributed by atoms with Crippen LogP contribution in [0.2, 0.25) is 5.02 Å². The van der Waals surface area contributed by atoms with Gasteiger partial charge in [-0.05, 0) is 16.7 Å². The number of aromatic nitrogens is 1. The maximum absolute atomic E-state index is 5.98. The molecule has 0 N–H and O–H groups in total. The summed E-state index contributed by atoms with van der Waals surface area (Å²) in [6.07, 6.45) is 3.39. The summed E-state index contributed by atoms with van der Waals surface area (Å²) in [5.74, 6) is 0. The minimum atomic E-state index is 0.574. The SMILES string of the molecule is Clc1cnc2c(-c3ccccc3-c3ccccc3)coc2c1. The van der Waals surface area contributed by atoms with Gasteiger partial charge in [0.25, 0.3) is 0 Å². The van der Waals surface area contributed by atoms with Crippen molar-refractivity contribution in [2.75, 3.05) is 0 Å². The molecular formula is C19H12ClNO. The number of pyridine rings is 1. The Kier molecular flexibility index (Phi) is 3.17. The van der Waals surface area contributed by atoms with Crippen molar-refractivity contribution < 1.29 is 4.42 Å². The molecule has 0 unspecified atom stereocenters. The van der Waals surface area contributed by atoms with Crippen LogP contribution in [0.1, 0.15) is 0 Å². The van der Waals surface area contributed by atoms with E-state index in [2.05, 4.69) is 29.2 Å². The third-order valence-electron chi connectivity index (χ3n) is 3.68. The van der Waals surface area contributed by atoms with Gasteiger partial charge in [0.2, 0.25) is 0 Å². The number of nitrogens with zero attached hydrogens (tertiary/aromatic N) is 1. The molecule has 22 heavy (non-hydrogen) atoms. The topological polar surface area (TPSA) is 26.0 Å². The summed E-state index contributed by atoms with van der Waals surface area (Å²) in [4.78, 5) is 4.43. The molecule has 0 aliphatic heterocycles. The highest BCUT2D eigenvalue weighted by Gasteiger charge is 2.13. The molecule has 0 aliphatic carbocycles. The average molecular weight is 306 g/mol. The molecule has 2 nitrogen and oxygen atoms in total. The first-order valence-corrected chi connectivity index (χ1v) is 7.38. The van der Waals surface area contributed by atoms with Gasteiger partial charge in [-0.2, -0.15) is 0 Å². The van der Waals surface area contributed by atoms with Gasteiger partial charge in [0.15, 0.2) is 5.58 Å². The van der Waals surface area contributed by atoms with Crippen LogP contribution in [-0.2, 0) is 0 Å². The third-order valence-corrected chi connectivity index (χ3v) is 3.89. The molecule has 0 radical (unpaired) electrons. The first-order chi connectivity index (χ1) is 10.8. The molecule has 4 rings (SSSR count). The molecule has 0 saturated heterocycles. The predicted octanol–water partition coefficient (Wildman–Crippen LogP) is 5.82. The molecule has 0 atom stereocenters. The second kappa shape index (κ2) is 5.32. The Hall–Kier alpha value is -2.58. The lowest BCUT2D eigenvalue weighted by Crippen LogP contribution is -1.85. The monoisotopic (exact) mass is 305 g/mol. The van der Waals surface area contributed by atoms with Gasteiger partial charge in [-0.25, -0.2) is 0 Å². The van der Waals surface area contributed by atoms with E-state index in [0.717, 1.165) is 22.2 Å². The molecule has 2 heterocycles. The fourth-order valence-corrected chi connectivity index (χ4v) is 2.82. The van der Waals surface area contributed by atoms with Crippen molar-refractivity contribution in [3.05, 3.63) is 78.1 Å². The Morgan fingerprint density at radius 2 is 1.55 bits per heavy atom. The number of halogens is 1. The number of hydrogen-bond donors (Lipinski definition) is 0. The van der Waals surface area contributed by atoms with Crippen LogP contribution in [0.5, 0.6) is 0 Å². The van der Waals surface area contributed by atoms with E-state index in [1.807, 2.05) is 30.3 Å². The van der Waals surface area contributed by atoms with Crippen molar-refractivity contribution in [2.24, 2.45) is 0 Å². The lowest BCUT2D eigenvalue weighted by atomic mass is 9.95. The minimum absolute atomic E-state index is 0.574. The summed E-state index contributed by atoms with van der Waals surface area (Å²) in [6, 6.07) is 20.4. The summed E-state index contributed by atoms with van der Waals surface area (Å²) in [5, 5.41) is 0.574. The minimum Gasteiger partial charge on any atom is -0.462 e. The second-order valence-corrected chi connectivity index (χ2v) is 5.50. The number of furan rings is 1. The Bertz CT molecular complexity index is 944. The van der Waals surface area contributed by atoms with E-state index in [1.54, 1.807) is 18.5 Å². The number of benzene rings is 2. The number of rotatable bonds is 2. The molecule has 4 aromatic rings. The molecule has 0 saturated carbocycles. The summed E-state index contributed by atoms with van der Waals surface area (Å²) < 4.78 is 5.63. The zero-order chi connectivity index (χ0) is 14.9. The van der Waals surface area contributed by atoms with E-state index < -0.39 is 0 Å². The quantitative estimate of drug-likeness (QED) is 0.466. The molecule has 0 aliphatic rings. The highest BCUT2D eigenvalue weighted by Crippen LogP contribution is 2.36. The predicted molar refractivity (Wildman–Crippen MR) is 89.9 cm³/mol. The van der Waals surface area contributed by atoms with E-state index in [-0.39, 0.29) is 0 Å². The van der Waals surface area contributed by atoms with Gasteiger partial charge in [-0.15, -0.1) is 0 Å². The van der Waals surface area contributed by atoms with Crippen LogP contribution in [0.4, 0.5) is 0 Å². The van der Waals surface area contributed by atoms with E-state index in [0.29, 0.717) is 10.6 Å². The smallest absolute Gasteiger partial charge is 0.154 e. The highest BCUT2D eigenvalue weighted by atomic mass is 35.5. The van der Waals surface area contributed by atoms with Gasteiger partial charge < -0.3 is 4.42 Å². The number of hydrogen-bond acceptors (Lipinski definition) is 2. The Morgan fingerprint density at radius 1 is 0.818 bits per heavy atom. The molecule has 0 bridgehead atoms. The molecular weight excluding hydrogens is 294 g/mol. The molecule has 0 spiro atoms. The zero-order valence-corrected chi connectivity index (χ0v) is 12.4. The van der Waals surface area contributed by atoms with Gasteiger partial charge in [-0.3, -0.25) is 4.98 Å². The Balaban J connectivity index is 1.96. The Labute approximate surface area is 133 Å². The van der Waals surface area contributed by atoms with Crippen LogP contribution in [0.25, 0.3) is 33.4 Å². The summed E-state index contributed by atoms with van der Waals surface area (Å²) in [6.45, 7) is 0. The van der Waals surface area contributed by atoms with Crippen molar-refractivity contribution in [2.45, 2.75) is 0 Å². The number of fused-ring (bicyclic) bond motifs is 1. The molecule has 2 aromatic carbocycles. The van der Waals surface area contributed by atoms with Crippen LogP contribution in [-0.4, -0.2) is 4.98 Å². The summed E-state index contributed by atoms with van der Waals surface area (Å²) >= 11 is 5.98. The highest BCUT2D eigenvalue weighted by molar-refractivity contribution is 6.31. The lowest BCUT2D eigenvalue weighted by Gasteiger charge is -2.08. The van der Waals surface area contributed by atoms with Crippen LogP contribution in [0.15, 0.2) is 77.5 Å². The van der Waals surface area contributed by atoms with Gasteiger partial charge in [0.1, 0.15) is 11.8 Å². The van der Waals surface area contributed by atoms with Crippen molar-refractivity contribution in [1.82, 2.24) is 4.98 Å². The zero-order valence-electron chi connectivity index (χ0n) is 11.7. The molecule has 106 valence electrons. The largest absolute Gasteiger partial charge is 0.462 e. The summed E-state index contributed by atoms with van der Waals surface area (Å²) in [5.41, 5.74) is 5.93. The lowest BCUT2D eigenvalue weighted by molar-refractivity contribution is 0.616. The van der Waals surface area contributed by atoms with Crippen LogP contribution in [0, 0.1) is 0 Å². The molecule has 3 heteroatoms. The first kappa shape index (κ1) is 13.1. The van der Waals surface area contributed by atoms with Gasteiger partial charge >= 0.3 is 0 Å². The van der Waals surface area contributed by atoms with Gasteiger partial charge in [-0.1, -0.05) is 66.2 Å². The maximum atomic E-state index is 5.98. The van der Waals surface area contributed by atoms with E-state index in [1.165, 1.54) is 5.56 Å². The van der Waals surface area contributed by atoms with E-state index in [4.69, 9.17) is 16.0 Å². The van der Waals surface area contributed by atoms with Gasteiger partial charge in [0, 0.05) is 17.8 Å². The fraction of sp³-hybridized carbons (Fsp3) is 0. The van der Waals surface area contributed by atoms with Crippen molar-refractivity contribution in [1.29, 1.82) is 0 Å². The van der Waals surface area contributed by atoms with Crippen molar-refractivity contribution >= 4 is 22.7 Å².